The normalized spacial score (nSPS) is 10.8. The second-order valence-corrected chi connectivity index (χ2v) is 4.28. The van der Waals surface area contributed by atoms with E-state index in [2.05, 4.69) is 9.97 Å². The van der Waals surface area contributed by atoms with Gasteiger partial charge in [0.1, 0.15) is 12.1 Å². The third-order valence-electron chi connectivity index (χ3n) is 2.34. The van der Waals surface area contributed by atoms with E-state index in [0.29, 0.717) is 0 Å². The molecule has 0 radical (unpaired) electrons. The zero-order valence-electron chi connectivity index (χ0n) is 8.22. The minimum absolute atomic E-state index is 0.249. The van der Waals surface area contributed by atoms with Gasteiger partial charge in [0.05, 0.1) is 15.9 Å². The molecule has 0 saturated heterocycles. The first-order valence-electron chi connectivity index (χ1n) is 4.79. The van der Waals surface area contributed by atoms with Crippen molar-refractivity contribution in [2.75, 3.05) is 0 Å². The molecule has 0 atom stereocenters. The Morgan fingerprint density at radius 1 is 1.12 bits per heavy atom. The average Bonchev–Trinajstić information content (AvgIpc) is 2.76. The molecule has 16 heavy (non-hydrogen) atoms. The monoisotopic (exact) mass is 230 g/mol. The van der Waals surface area contributed by atoms with Crippen molar-refractivity contribution in [2.45, 2.75) is 0 Å². The van der Waals surface area contributed by atoms with Crippen molar-refractivity contribution < 1.29 is 4.39 Å². The van der Waals surface area contributed by atoms with Gasteiger partial charge in [-0.25, -0.2) is 14.4 Å². The van der Waals surface area contributed by atoms with Crippen LogP contribution in [0.2, 0.25) is 0 Å². The first-order valence-corrected chi connectivity index (χ1v) is 5.67. The Bertz CT molecular complexity index is 648. The largest absolute Gasteiger partial charge is 0.235 e. The first-order chi connectivity index (χ1) is 7.84. The smallest absolute Gasteiger partial charge is 0.123 e. The van der Waals surface area contributed by atoms with E-state index in [4.69, 9.17) is 0 Å². The molecule has 0 bridgehead atoms. The second-order valence-electron chi connectivity index (χ2n) is 3.37. The van der Waals surface area contributed by atoms with Gasteiger partial charge < -0.3 is 0 Å². The number of aromatic nitrogens is 2. The molecule has 4 heteroatoms. The number of halogens is 1. The number of nitrogens with zero attached hydrogens (tertiary/aromatic N) is 2. The SMILES string of the molecule is Fc1cccc(-c2ncnc3ccsc23)c1. The van der Waals surface area contributed by atoms with Crippen molar-refractivity contribution >= 4 is 21.6 Å². The van der Waals surface area contributed by atoms with Crippen molar-refractivity contribution in [3.63, 3.8) is 0 Å². The third-order valence-corrected chi connectivity index (χ3v) is 3.25. The van der Waals surface area contributed by atoms with Gasteiger partial charge >= 0.3 is 0 Å². The van der Waals surface area contributed by atoms with Crippen LogP contribution in [0.15, 0.2) is 42.0 Å². The molecule has 3 rings (SSSR count). The van der Waals surface area contributed by atoms with Crippen LogP contribution in [-0.2, 0) is 0 Å². The summed E-state index contributed by atoms with van der Waals surface area (Å²) in [4.78, 5) is 8.38. The molecular formula is C12H7FN2S. The Morgan fingerprint density at radius 2 is 2.06 bits per heavy atom. The van der Waals surface area contributed by atoms with Crippen LogP contribution < -0.4 is 0 Å². The van der Waals surface area contributed by atoms with Crippen molar-refractivity contribution in [1.29, 1.82) is 0 Å². The molecule has 0 aliphatic heterocycles. The first kappa shape index (κ1) is 9.42. The maximum Gasteiger partial charge on any atom is 0.123 e. The van der Waals surface area contributed by atoms with Crippen LogP contribution in [0.5, 0.6) is 0 Å². The lowest BCUT2D eigenvalue weighted by atomic mass is 10.1. The zero-order chi connectivity index (χ0) is 11.0. The van der Waals surface area contributed by atoms with E-state index in [-0.39, 0.29) is 5.82 Å². The lowest BCUT2D eigenvalue weighted by molar-refractivity contribution is 0.628. The molecule has 0 saturated carbocycles. The van der Waals surface area contributed by atoms with Gasteiger partial charge in [-0.2, -0.15) is 0 Å². The molecule has 0 N–H and O–H groups in total. The van der Waals surface area contributed by atoms with Gasteiger partial charge in [0, 0.05) is 5.56 Å². The molecule has 0 aliphatic rings. The number of thiophene rings is 1. The summed E-state index contributed by atoms with van der Waals surface area (Å²) in [5.41, 5.74) is 2.48. The summed E-state index contributed by atoms with van der Waals surface area (Å²) in [6.45, 7) is 0. The fourth-order valence-electron chi connectivity index (χ4n) is 1.63. The Balaban J connectivity index is 2.29. The maximum atomic E-state index is 13.1. The van der Waals surface area contributed by atoms with Crippen LogP contribution in [0.25, 0.3) is 21.5 Å². The molecular weight excluding hydrogens is 223 g/mol. The summed E-state index contributed by atoms with van der Waals surface area (Å²) >= 11 is 1.57. The molecule has 0 spiro atoms. The Morgan fingerprint density at radius 3 is 2.94 bits per heavy atom. The van der Waals surface area contributed by atoms with Gasteiger partial charge in [0.25, 0.3) is 0 Å². The van der Waals surface area contributed by atoms with Gasteiger partial charge in [-0.1, -0.05) is 12.1 Å². The summed E-state index contributed by atoms with van der Waals surface area (Å²) in [5.74, 6) is -0.249. The number of benzene rings is 1. The summed E-state index contributed by atoms with van der Waals surface area (Å²) in [6.07, 6.45) is 1.51. The van der Waals surface area contributed by atoms with E-state index >= 15 is 0 Å². The van der Waals surface area contributed by atoms with E-state index in [1.165, 1.54) is 18.5 Å². The highest BCUT2D eigenvalue weighted by Crippen LogP contribution is 2.29. The Hall–Kier alpha value is -1.81. The number of rotatable bonds is 1. The van der Waals surface area contributed by atoms with Gasteiger partial charge in [-0.3, -0.25) is 0 Å². The molecule has 0 amide bonds. The van der Waals surface area contributed by atoms with Gasteiger partial charge in [-0.05, 0) is 23.6 Å². The van der Waals surface area contributed by atoms with E-state index in [1.54, 1.807) is 17.4 Å². The minimum Gasteiger partial charge on any atom is -0.235 e. The van der Waals surface area contributed by atoms with Crippen LogP contribution in [0, 0.1) is 5.82 Å². The number of hydrogen-bond acceptors (Lipinski definition) is 3. The molecule has 1 aromatic carbocycles. The highest BCUT2D eigenvalue weighted by molar-refractivity contribution is 7.17. The molecule has 0 unspecified atom stereocenters. The van der Waals surface area contributed by atoms with E-state index in [9.17, 15) is 4.39 Å². The Kier molecular flexibility index (Phi) is 2.15. The van der Waals surface area contributed by atoms with Crippen molar-refractivity contribution in [2.24, 2.45) is 0 Å². The number of hydrogen-bond donors (Lipinski definition) is 0. The molecule has 0 fully saturated rings. The molecule has 3 aromatic rings. The van der Waals surface area contributed by atoms with Crippen LogP contribution in [0.4, 0.5) is 4.39 Å². The lowest BCUT2D eigenvalue weighted by Gasteiger charge is -2.01. The minimum atomic E-state index is -0.249. The van der Waals surface area contributed by atoms with E-state index in [0.717, 1.165) is 21.5 Å². The topological polar surface area (TPSA) is 25.8 Å². The van der Waals surface area contributed by atoms with E-state index in [1.807, 2.05) is 17.5 Å². The Labute approximate surface area is 95.4 Å². The maximum absolute atomic E-state index is 13.1. The quantitative estimate of drug-likeness (QED) is 0.639. The second kappa shape index (κ2) is 3.64. The predicted molar refractivity (Wildman–Crippen MR) is 62.8 cm³/mol. The van der Waals surface area contributed by atoms with Crippen molar-refractivity contribution in [3.8, 4) is 11.3 Å². The van der Waals surface area contributed by atoms with Crippen molar-refractivity contribution in [1.82, 2.24) is 9.97 Å². The average molecular weight is 230 g/mol. The van der Waals surface area contributed by atoms with Crippen LogP contribution in [-0.4, -0.2) is 9.97 Å². The summed E-state index contributed by atoms with van der Waals surface area (Å²) < 4.78 is 14.1. The third kappa shape index (κ3) is 1.47. The molecule has 2 nitrogen and oxygen atoms in total. The van der Waals surface area contributed by atoms with Crippen LogP contribution >= 0.6 is 11.3 Å². The molecule has 2 heterocycles. The summed E-state index contributed by atoms with van der Waals surface area (Å²) in [6, 6.07) is 8.39. The molecule has 2 aromatic heterocycles. The van der Waals surface area contributed by atoms with Crippen LogP contribution in [0.3, 0.4) is 0 Å². The highest BCUT2D eigenvalue weighted by atomic mass is 32.1. The highest BCUT2D eigenvalue weighted by Gasteiger charge is 2.07. The van der Waals surface area contributed by atoms with Crippen LogP contribution in [0.1, 0.15) is 0 Å². The molecule has 0 aliphatic carbocycles. The summed E-state index contributed by atoms with van der Waals surface area (Å²) in [5, 5.41) is 1.96. The fraction of sp³-hybridized carbons (Fsp3) is 0. The van der Waals surface area contributed by atoms with Gasteiger partial charge in [0.2, 0.25) is 0 Å². The lowest BCUT2D eigenvalue weighted by Crippen LogP contribution is -1.86. The van der Waals surface area contributed by atoms with Gasteiger partial charge in [-0.15, -0.1) is 11.3 Å². The summed E-state index contributed by atoms with van der Waals surface area (Å²) in [7, 11) is 0. The standard InChI is InChI=1S/C12H7FN2S/c13-9-3-1-2-8(6-9)11-12-10(4-5-16-12)14-7-15-11/h1-7H. The van der Waals surface area contributed by atoms with Gasteiger partial charge in [0.15, 0.2) is 0 Å². The fourth-order valence-corrected chi connectivity index (χ4v) is 2.49. The molecule has 78 valence electrons. The number of fused-ring (bicyclic) bond motifs is 1. The zero-order valence-corrected chi connectivity index (χ0v) is 9.04. The van der Waals surface area contributed by atoms with Crippen molar-refractivity contribution in [3.05, 3.63) is 47.9 Å². The predicted octanol–water partition coefficient (Wildman–Crippen LogP) is 3.50. The van der Waals surface area contributed by atoms with E-state index < -0.39 is 0 Å².